The zero-order chi connectivity index (χ0) is 28.1. The highest BCUT2D eigenvalue weighted by molar-refractivity contribution is 7.93. The van der Waals surface area contributed by atoms with Crippen LogP contribution in [0.15, 0.2) is 54.6 Å². The summed E-state index contributed by atoms with van der Waals surface area (Å²) in [6.45, 7) is 6.04. The third-order valence-corrected chi connectivity index (χ3v) is 7.61. The van der Waals surface area contributed by atoms with Crippen molar-refractivity contribution in [3.63, 3.8) is 0 Å². The molecule has 3 aromatic heterocycles. The lowest BCUT2D eigenvalue weighted by Crippen LogP contribution is -2.30. The Morgan fingerprint density at radius 3 is 2.46 bits per heavy atom. The van der Waals surface area contributed by atoms with Gasteiger partial charge >= 0.3 is 15.5 Å². The highest BCUT2D eigenvalue weighted by Gasteiger charge is 2.46. The molecule has 0 saturated heterocycles. The van der Waals surface area contributed by atoms with Gasteiger partial charge in [-0.05, 0) is 43.7 Å². The molecule has 0 saturated carbocycles. The third-order valence-electron chi connectivity index (χ3n) is 6.51. The number of aromatic hydroxyl groups is 1. The van der Waals surface area contributed by atoms with E-state index in [9.17, 15) is 26.7 Å². The van der Waals surface area contributed by atoms with Crippen molar-refractivity contribution in [1.29, 1.82) is 0 Å². The summed E-state index contributed by atoms with van der Waals surface area (Å²) in [4.78, 5) is 13.8. The summed E-state index contributed by atoms with van der Waals surface area (Å²) >= 11 is 0. The molecule has 202 valence electrons. The fourth-order valence-corrected chi connectivity index (χ4v) is 5.07. The van der Waals surface area contributed by atoms with Crippen molar-refractivity contribution in [3.8, 4) is 17.0 Å². The van der Waals surface area contributed by atoms with Gasteiger partial charge in [0.05, 0.1) is 29.1 Å². The van der Waals surface area contributed by atoms with Crippen LogP contribution in [-0.2, 0) is 23.0 Å². The SMILES string of the molecule is CCc1nc2c(C)c(O)c(C)nc2n1Cc1ccc2nc(-c3ccccc3NS(=O)(=O)C(F)(F)F)ccc2c1. The number of rotatable bonds is 6. The maximum atomic E-state index is 12.9. The summed E-state index contributed by atoms with van der Waals surface area (Å²) in [6.07, 6.45) is 0.672. The molecule has 2 aromatic carbocycles. The van der Waals surface area contributed by atoms with E-state index in [0.29, 0.717) is 46.6 Å². The lowest BCUT2D eigenvalue weighted by atomic mass is 10.1. The van der Waals surface area contributed by atoms with Crippen LogP contribution in [0, 0.1) is 13.8 Å². The van der Waals surface area contributed by atoms with Gasteiger partial charge in [0.2, 0.25) is 0 Å². The minimum absolute atomic E-state index is 0.134. The van der Waals surface area contributed by atoms with Crippen LogP contribution in [-0.4, -0.2) is 38.6 Å². The first-order valence-electron chi connectivity index (χ1n) is 12.0. The number of nitrogens with zero attached hydrogens (tertiary/aromatic N) is 4. The molecule has 0 atom stereocenters. The van der Waals surface area contributed by atoms with Crippen molar-refractivity contribution < 1.29 is 26.7 Å². The quantitative estimate of drug-likeness (QED) is 0.272. The molecule has 3 heterocycles. The van der Waals surface area contributed by atoms with E-state index in [1.54, 1.807) is 35.9 Å². The van der Waals surface area contributed by atoms with Crippen molar-refractivity contribution >= 4 is 37.8 Å². The van der Waals surface area contributed by atoms with E-state index in [-0.39, 0.29) is 17.0 Å². The molecule has 0 aliphatic rings. The predicted octanol–water partition coefficient (Wildman–Crippen LogP) is 5.84. The third kappa shape index (κ3) is 4.76. The van der Waals surface area contributed by atoms with Gasteiger partial charge in [0, 0.05) is 22.9 Å². The van der Waals surface area contributed by atoms with E-state index in [2.05, 4.69) is 9.97 Å². The van der Waals surface area contributed by atoms with Crippen LogP contribution >= 0.6 is 0 Å². The normalized spacial score (nSPS) is 12.4. The summed E-state index contributed by atoms with van der Waals surface area (Å²) in [6, 6.07) is 14.9. The van der Waals surface area contributed by atoms with Gasteiger partial charge in [-0.2, -0.15) is 21.6 Å². The average molecular weight is 556 g/mol. The average Bonchev–Trinajstić information content (AvgIpc) is 3.23. The molecule has 0 amide bonds. The minimum Gasteiger partial charge on any atom is -0.506 e. The Morgan fingerprint density at radius 2 is 1.74 bits per heavy atom. The van der Waals surface area contributed by atoms with E-state index in [0.717, 1.165) is 16.8 Å². The zero-order valence-corrected chi connectivity index (χ0v) is 22.0. The summed E-state index contributed by atoms with van der Waals surface area (Å²) < 4.78 is 65.8. The van der Waals surface area contributed by atoms with Crippen LogP contribution in [0.1, 0.15) is 29.6 Å². The van der Waals surface area contributed by atoms with Crippen LogP contribution < -0.4 is 4.72 Å². The van der Waals surface area contributed by atoms with Crippen LogP contribution in [0.5, 0.6) is 5.75 Å². The van der Waals surface area contributed by atoms with Crippen molar-refractivity contribution in [1.82, 2.24) is 19.5 Å². The molecule has 0 aliphatic carbocycles. The van der Waals surface area contributed by atoms with Gasteiger partial charge in [-0.25, -0.2) is 15.0 Å². The minimum atomic E-state index is -5.59. The largest absolute Gasteiger partial charge is 0.516 e. The molecule has 2 N–H and O–H groups in total. The van der Waals surface area contributed by atoms with E-state index in [1.165, 1.54) is 18.2 Å². The number of halogens is 3. The molecule has 0 bridgehead atoms. The number of hydrogen-bond acceptors (Lipinski definition) is 6. The molecule has 0 spiro atoms. The van der Waals surface area contributed by atoms with Gasteiger partial charge in [-0.3, -0.25) is 4.72 Å². The van der Waals surface area contributed by atoms with Crippen LogP contribution in [0.25, 0.3) is 33.3 Å². The van der Waals surface area contributed by atoms with Crippen LogP contribution in [0.3, 0.4) is 0 Å². The van der Waals surface area contributed by atoms with Crippen molar-refractivity contribution in [2.75, 3.05) is 4.72 Å². The van der Waals surface area contributed by atoms with Crippen LogP contribution in [0.2, 0.25) is 0 Å². The number of sulfonamides is 1. The Morgan fingerprint density at radius 1 is 1.00 bits per heavy atom. The Bertz CT molecular complexity index is 1850. The zero-order valence-electron chi connectivity index (χ0n) is 21.2. The van der Waals surface area contributed by atoms with Crippen molar-refractivity contribution in [2.45, 2.75) is 39.2 Å². The van der Waals surface area contributed by atoms with E-state index < -0.39 is 15.5 Å². The number of para-hydroxylation sites is 1. The number of hydrogen-bond donors (Lipinski definition) is 2. The standard InChI is InChI=1S/C27H24F3N5O3S/c1-4-23-33-24-15(2)25(36)16(3)31-26(24)35(23)14-17-9-11-20-18(13-17)10-12-21(32-20)19-7-5-6-8-22(19)34-39(37,38)27(28,29)30/h5-13,34,36H,4,14H2,1-3H3. The summed E-state index contributed by atoms with van der Waals surface area (Å²) in [5.41, 5.74) is -1.04. The van der Waals surface area contributed by atoms with E-state index in [4.69, 9.17) is 4.98 Å². The van der Waals surface area contributed by atoms with Crippen molar-refractivity contribution in [3.05, 3.63) is 77.2 Å². The monoisotopic (exact) mass is 555 g/mol. The van der Waals surface area contributed by atoms with Gasteiger partial charge in [0.15, 0.2) is 5.65 Å². The molecule has 0 fully saturated rings. The number of benzene rings is 2. The first-order chi connectivity index (χ1) is 18.4. The molecule has 0 radical (unpaired) electrons. The number of imidazole rings is 1. The summed E-state index contributed by atoms with van der Waals surface area (Å²) in [5, 5.41) is 11.1. The number of pyridine rings is 2. The predicted molar refractivity (Wildman–Crippen MR) is 143 cm³/mol. The van der Waals surface area contributed by atoms with Gasteiger partial charge in [-0.1, -0.05) is 37.3 Å². The lowest BCUT2D eigenvalue weighted by molar-refractivity contribution is -0.0429. The number of aryl methyl sites for hydroxylation is 3. The maximum absolute atomic E-state index is 12.9. The second kappa shape index (κ2) is 9.53. The smallest absolute Gasteiger partial charge is 0.506 e. The molecule has 39 heavy (non-hydrogen) atoms. The summed E-state index contributed by atoms with van der Waals surface area (Å²) in [5.74, 6) is 0.965. The molecule has 0 aliphatic heterocycles. The second-order valence-corrected chi connectivity index (χ2v) is 10.8. The molecular formula is C27H24F3N5O3S. The molecule has 12 heteroatoms. The molecule has 8 nitrogen and oxygen atoms in total. The molecule has 0 unspecified atom stereocenters. The fraction of sp³-hybridized carbons (Fsp3) is 0.222. The van der Waals surface area contributed by atoms with Gasteiger partial charge in [0.25, 0.3) is 0 Å². The highest BCUT2D eigenvalue weighted by Crippen LogP contribution is 2.33. The number of nitrogens with one attached hydrogen (secondary N) is 1. The Labute approximate surface area is 222 Å². The highest BCUT2D eigenvalue weighted by atomic mass is 32.2. The topological polar surface area (TPSA) is 110 Å². The van der Waals surface area contributed by atoms with E-state index >= 15 is 0 Å². The fourth-order valence-electron chi connectivity index (χ4n) is 4.49. The van der Waals surface area contributed by atoms with E-state index in [1.807, 2.05) is 30.5 Å². The number of aromatic nitrogens is 4. The first-order valence-corrected chi connectivity index (χ1v) is 13.5. The number of anilines is 1. The summed E-state index contributed by atoms with van der Waals surface area (Å²) in [7, 11) is -5.59. The molecular weight excluding hydrogens is 531 g/mol. The van der Waals surface area contributed by atoms with Gasteiger partial charge < -0.3 is 9.67 Å². The second-order valence-electron chi connectivity index (χ2n) is 9.13. The molecule has 5 rings (SSSR count). The van der Waals surface area contributed by atoms with Gasteiger partial charge in [-0.15, -0.1) is 0 Å². The Kier molecular flexibility index (Phi) is 6.45. The lowest BCUT2D eigenvalue weighted by Gasteiger charge is -2.14. The van der Waals surface area contributed by atoms with Gasteiger partial charge in [0.1, 0.15) is 17.1 Å². The number of alkyl halides is 3. The molecule has 5 aromatic rings. The maximum Gasteiger partial charge on any atom is 0.516 e. The van der Waals surface area contributed by atoms with Crippen LogP contribution in [0.4, 0.5) is 18.9 Å². The first kappa shape index (κ1) is 26.4. The van der Waals surface area contributed by atoms with Crippen molar-refractivity contribution in [2.24, 2.45) is 0 Å². The number of fused-ring (bicyclic) bond motifs is 2. The Hall–Kier alpha value is -4.19. The Balaban J connectivity index is 1.51.